The van der Waals surface area contributed by atoms with Crippen molar-refractivity contribution in [2.24, 2.45) is 0 Å². The standard InChI is InChI=1S/C19H16F3N5O/c1-2-16(28)26-8-7-14(10-26)27-18-15(9-23-11-24-18)17(25-27)12-3-5-13(6-4-12)19(20,21)22/h2-6,9,11,14H,1,7-8,10H2. The van der Waals surface area contributed by atoms with Crippen molar-refractivity contribution in [1.82, 2.24) is 24.6 Å². The zero-order valence-electron chi connectivity index (χ0n) is 14.7. The summed E-state index contributed by atoms with van der Waals surface area (Å²) in [5, 5.41) is 5.27. The van der Waals surface area contributed by atoms with Crippen LogP contribution in [0.3, 0.4) is 0 Å². The Balaban J connectivity index is 1.73. The highest BCUT2D eigenvalue weighted by molar-refractivity contribution is 5.90. The number of hydrogen-bond acceptors (Lipinski definition) is 4. The van der Waals surface area contributed by atoms with E-state index in [0.717, 1.165) is 12.1 Å². The Hall–Kier alpha value is -3.23. The van der Waals surface area contributed by atoms with Crippen LogP contribution in [0.4, 0.5) is 13.2 Å². The molecule has 3 heterocycles. The third-order valence-electron chi connectivity index (χ3n) is 4.85. The van der Waals surface area contributed by atoms with E-state index in [2.05, 4.69) is 21.6 Å². The first-order valence-electron chi connectivity index (χ1n) is 8.65. The monoisotopic (exact) mass is 387 g/mol. The molecule has 0 saturated carbocycles. The number of likely N-dealkylation sites (tertiary alicyclic amines) is 1. The third-order valence-corrected chi connectivity index (χ3v) is 4.85. The lowest BCUT2D eigenvalue weighted by Crippen LogP contribution is -2.27. The summed E-state index contributed by atoms with van der Waals surface area (Å²) in [6, 6.07) is 4.77. The average molecular weight is 387 g/mol. The Labute approximate surface area is 158 Å². The van der Waals surface area contributed by atoms with Gasteiger partial charge in [0.2, 0.25) is 5.91 Å². The third kappa shape index (κ3) is 3.12. The van der Waals surface area contributed by atoms with Gasteiger partial charge in [-0.25, -0.2) is 14.6 Å². The number of rotatable bonds is 3. The van der Waals surface area contributed by atoms with Crippen molar-refractivity contribution in [3.63, 3.8) is 0 Å². The minimum Gasteiger partial charge on any atom is -0.337 e. The fourth-order valence-electron chi connectivity index (χ4n) is 3.44. The van der Waals surface area contributed by atoms with Crippen molar-refractivity contribution in [1.29, 1.82) is 0 Å². The second kappa shape index (κ2) is 6.74. The lowest BCUT2D eigenvalue weighted by molar-refractivity contribution is -0.137. The molecule has 1 saturated heterocycles. The van der Waals surface area contributed by atoms with E-state index in [4.69, 9.17) is 0 Å². The molecule has 0 spiro atoms. The van der Waals surface area contributed by atoms with E-state index in [1.165, 1.54) is 24.5 Å². The van der Waals surface area contributed by atoms with Crippen molar-refractivity contribution in [2.45, 2.75) is 18.6 Å². The molecule has 1 amide bonds. The lowest BCUT2D eigenvalue weighted by atomic mass is 10.1. The van der Waals surface area contributed by atoms with Crippen molar-refractivity contribution in [3.8, 4) is 11.3 Å². The summed E-state index contributed by atoms with van der Waals surface area (Å²) in [7, 11) is 0. The highest BCUT2D eigenvalue weighted by Gasteiger charge is 2.31. The first-order chi connectivity index (χ1) is 13.4. The Morgan fingerprint density at radius 1 is 1.25 bits per heavy atom. The van der Waals surface area contributed by atoms with Crippen molar-refractivity contribution >= 4 is 16.9 Å². The molecule has 0 aliphatic carbocycles. The maximum absolute atomic E-state index is 12.8. The molecule has 1 aliphatic rings. The summed E-state index contributed by atoms with van der Waals surface area (Å²) in [5.74, 6) is -0.142. The van der Waals surface area contributed by atoms with E-state index in [9.17, 15) is 18.0 Å². The number of carbonyl (C=O) groups is 1. The molecule has 4 rings (SSSR count). The molecule has 28 heavy (non-hydrogen) atoms. The number of alkyl halides is 3. The van der Waals surface area contributed by atoms with Gasteiger partial charge >= 0.3 is 6.18 Å². The zero-order chi connectivity index (χ0) is 19.9. The molecule has 1 aromatic carbocycles. The van der Waals surface area contributed by atoms with Gasteiger partial charge in [-0.3, -0.25) is 4.79 Å². The van der Waals surface area contributed by atoms with Crippen LogP contribution in [0.2, 0.25) is 0 Å². The highest BCUT2D eigenvalue weighted by atomic mass is 19.4. The SMILES string of the molecule is C=CC(=O)N1CCC(n2nc(-c3ccc(C(F)(F)F)cc3)c3cncnc32)C1. The molecule has 1 aliphatic heterocycles. The fraction of sp³-hybridized carbons (Fsp3) is 0.263. The second-order valence-corrected chi connectivity index (χ2v) is 6.56. The normalized spacial score (nSPS) is 17.2. The van der Waals surface area contributed by atoms with Gasteiger partial charge in [-0.1, -0.05) is 18.7 Å². The van der Waals surface area contributed by atoms with E-state index in [1.807, 2.05) is 0 Å². The number of hydrogen-bond donors (Lipinski definition) is 0. The minimum atomic E-state index is -4.39. The van der Waals surface area contributed by atoms with Crippen LogP contribution in [0.15, 0.2) is 49.4 Å². The van der Waals surface area contributed by atoms with Gasteiger partial charge in [0.1, 0.15) is 12.0 Å². The predicted octanol–water partition coefficient (Wildman–Crippen LogP) is 3.47. The summed E-state index contributed by atoms with van der Waals surface area (Å²) >= 11 is 0. The Kier molecular flexibility index (Phi) is 4.37. The molecule has 0 bridgehead atoms. The highest BCUT2D eigenvalue weighted by Crippen LogP contribution is 2.34. The lowest BCUT2D eigenvalue weighted by Gasteiger charge is -2.14. The van der Waals surface area contributed by atoms with Gasteiger partial charge in [0.15, 0.2) is 5.65 Å². The van der Waals surface area contributed by atoms with Crippen LogP contribution >= 0.6 is 0 Å². The van der Waals surface area contributed by atoms with Crippen molar-refractivity contribution in [3.05, 3.63) is 55.0 Å². The molecule has 0 N–H and O–H groups in total. The summed E-state index contributed by atoms with van der Waals surface area (Å²) in [5.41, 5.74) is 0.926. The molecule has 144 valence electrons. The molecule has 0 radical (unpaired) electrons. The molecule has 2 aromatic heterocycles. The van der Waals surface area contributed by atoms with Gasteiger partial charge in [0.05, 0.1) is 17.0 Å². The predicted molar refractivity (Wildman–Crippen MR) is 96.2 cm³/mol. The Morgan fingerprint density at radius 3 is 2.68 bits per heavy atom. The Morgan fingerprint density at radius 2 is 2.00 bits per heavy atom. The van der Waals surface area contributed by atoms with Gasteiger partial charge < -0.3 is 4.90 Å². The fourth-order valence-corrected chi connectivity index (χ4v) is 3.44. The van der Waals surface area contributed by atoms with Gasteiger partial charge in [0, 0.05) is 24.8 Å². The quantitative estimate of drug-likeness (QED) is 0.646. The van der Waals surface area contributed by atoms with Crippen LogP contribution in [-0.2, 0) is 11.0 Å². The van der Waals surface area contributed by atoms with Crippen LogP contribution < -0.4 is 0 Å². The summed E-state index contributed by atoms with van der Waals surface area (Å²) in [4.78, 5) is 21.9. The average Bonchev–Trinajstić information content (AvgIpc) is 3.32. The molecule has 1 fully saturated rings. The van der Waals surface area contributed by atoms with Gasteiger partial charge in [-0.15, -0.1) is 0 Å². The van der Waals surface area contributed by atoms with Crippen molar-refractivity contribution < 1.29 is 18.0 Å². The molecular weight excluding hydrogens is 371 g/mol. The van der Waals surface area contributed by atoms with Gasteiger partial charge in [-0.2, -0.15) is 18.3 Å². The smallest absolute Gasteiger partial charge is 0.337 e. The molecular formula is C19H16F3N5O. The molecule has 6 nitrogen and oxygen atoms in total. The minimum absolute atomic E-state index is 0.0792. The van der Waals surface area contributed by atoms with E-state index < -0.39 is 11.7 Å². The summed E-state index contributed by atoms with van der Waals surface area (Å²) in [6.07, 6.45) is 0.583. The number of amides is 1. The molecule has 9 heteroatoms. The van der Waals surface area contributed by atoms with Gasteiger partial charge in [-0.05, 0) is 24.6 Å². The van der Waals surface area contributed by atoms with Crippen LogP contribution in [-0.4, -0.2) is 43.6 Å². The zero-order valence-corrected chi connectivity index (χ0v) is 14.7. The van der Waals surface area contributed by atoms with Crippen LogP contribution in [0.1, 0.15) is 18.0 Å². The molecule has 1 unspecified atom stereocenters. The van der Waals surface area contributed by atoms with Crippen LogP contribution in [0.5, 0.6) is 0 Å². The summed E-state index contributed by atoms with van der Waals surface area (Å²) in [6.45, 7) is 4.56. The first-order valence-corrected chi connectivity index (χ1v) is 8.65. The maximum atomic E-state index is 12.8. The van der Waals surface area contributed by atoms with E-state index in [-0.39, 0.29) is 11.9 Å². The number of fused-ring (bicyclic) bond motifs is 1. The van der Waals surface area contributed by atoms with E-state index in [1.54, 1.807) is 15.8 Å². The number of aromatic nitrogens is 4. The molecule has 1 atom stereocenters. The first kappa shape index (κ1) is 18.1. The second-order valence-electron chi connectivity index (χ2n) is 6.56. The van der Waals surface area contributed by atoms with Gasteiger partial charge in [0.25, 0.3) is 0 Å². The number of benzene rings is 1. The number of halogens is 3. The topological polar surface area (TPSA) is 63.9 Å². The van der Waals surface area contributed by atoms with E-state index >= 15 is 0 Å². The maximum Gasteiger partial charge on any atom is 0.416 e. The molecule has 3 aromatic rings. The van der Waals surface area contributed by atoms with E-state index in [0.29, 0.717) is 41.8 Å². The Bertz CT molecular complexity index is 1040. The van der Waals surface area contributed by atoms with Crippen LogP contribution in [0.25, 0.3) is 22.3 Å². The van der Waals surface area contributed by atoms with Crippen molar-refractivity contribution in [2.75, 3.05) is 13.1 Å². The largest absolute Gasteiger partial charge is 0.416 e. The number of nitrogens with zero attached hydrogens (tertiary/aromatic N) is 5. The number of carbonyl (C=O) groups excluding carboxylic acids is 1. The van der Waals surface area contributed by atoms with Crippen LogP contribution in [0, 0.1) is 0 Å². The summed E-state index contributed by atoms with van der Waals surface area (Å²) < 4.78 is 40.2.